The van der Waals surface area contributed by atoms with Crippen LogP contribution in [0.4, 0.5) is 4.39 Å². The maximum atomic E-state index is 13.6. The molecule has 0 fully saturated rings. The first-order chi connectivity index (χ1) is 7.49. The molecule has 0 aliphatic heterocycles. The molecule has 1 aromatic carbocycles. The Morgan fingerprint density at radius 1 is 1.44 bits per heavy atom. The summed E-state index contributed by atoms with van der Waals surface area (Å²) < 4.78 is 14.3. The molecular weight excluding hydrogens is 324 g/mol. The van der Waals surface area contributed by atoms with Gasteiger partial charge in [-0.2, -0.15) is 0 Å². The molecule has 82 valence electrons. The van der Waals surface area contributed by atoms with Crippen molar-refractivity contribution in [3.63, 3.8) is 0 Å². The number of rotatable bonds is 1. The summed E-state index contributed by atoms with van der Waals surface area (Å²) in [7, 11) is 0. The molecule has 2 aromatic rings. The molecule has 0 aliphatic carbocycles. The number of fused-ring (bicyclic) bond motifs is 1. The normalized spacial score (nSPS) is 10.7. The number of hydrogen-bond donors (Lipinski definition) is 1. The maximum Gasteiger partial charge on any atom is 0.336 e. The topological polar surface area (TPSA) is 50.2 Å². The zero-order valence-electron chi connectivity index (χ0n) is 8.29. The molecular formula is C11H7FINO2. The van der Waals surface area contributed by atoms with Crippen molar-refractivity contribution in [2.45, 2.75) is 6.92 Å². The molecule has 0 saturated heterocycles. The molecule has 0 radical (unpaired) electrons. The molecule has 0 unspecified atom stereocenters. The number of hydrogen-bond acceptors (Lipinski definition) is 2. The second-order valence-corrected chi connectivity index (χ2v) is 4.65. The summed E-state index contributed by atoms with van der Waals surface area (Å²) in [6.07, 6.45) is 0. The van der Waals surface area contributed by atoms with Crippen LogP contribution in [0.1, 0.15) is 16.1 Å². The fourth-order valence-corrected chi connectivity index (χ4v) is 2.14. The van der Waals surface area contributed by atoms with Crippen LogP contribution >= 0.6 is 22.6 Å². The van der Waals surface area contributed by atoms with Gasteiger partial charge in [0.05, 0.1) is 5.56 Å². The van der Waals surface area contributed by atoms with Gasteiger partial charge < -0.3 is 5.11 Å². The van der Waals surface area contributed by atoms with Crippen LogP contribution in [0, 0.1) is 16.3 Å². The molecule has 2 rings (SSSR count). The van der Waals surface area contributed by atoms with Crippen molar-refractivity contribution in [2.75, 3.05) is 0 Å². The summed E-state index contributed by atoms with van der Waals surface area (Å²) in [6.45, 7) is 1.64. The Kier molecular flexibility index (Phi) is 2.79. The number of carboxylic acids is 1. The van der Waals surface area contributed by atoms with E-state index >= 15 is 0 Å². The predicted octanol–water partition coefficient (Wildman–Crippen LogP) is 2.99. The molecule has 1 heterocycles. The molecule has 1 aromatic heterocycles. The Morgan fingerprint density at radius 2 is 2.12 bits per heavy atom. The monoisotopic (exact) mass is 331 g/mol. The third kappa shape index (κ3) is 1.87. The van der Waals surface area contributed by atoms with E-state index in [1.54, 1.807) is 13.0 Å². The highest BCUT2D eigenvalue weighted by molar-refractivity contribution is 14.1. The summed E-state index contributed by atoms with van der Waals surface area (Å²) in [6, 6.07) is 4.40. The number of aromatic nitrogens is 1. The Hall–Kier alpha value is -1.24. The summed E-state index contributed by atoms with van der Waals surface area (Å²) in [4.78, 5) is 15.1. The fourth-order valence-electron chi connectivity index (χ4n) is 1.56. The number of benzene rings is 1. The number of carboxylic acid groups (broad SMARTS) is 1. The molecule has 0 atom stereocenters. The molecule has 0 aliphatic rings. The van der Waals surface area contributed by atoms with E-state index < -0.39 is 11.8 Å². The lowest BCUT2D eigenvalue weighted by atomic mass is 10.1. The van der Waals surface area contributed by atoms with Gasteiger partial charge in [0.25, 0.3) is 0 Å². The predicted molar refractivity (Wildman–Crippen MR) is 66.1 cm³/mol. The van der Waals surface area contributed by atoms with Gasteiger partial charge in [0.1, 0.15) is 5.52 Å². The molecule has 0 amide bonds. The number of pyridine rings is 1. The summed E-state index contributed by atoms with van der Waals surface area (Å²) in [5, 5.41) is 9.37. The lowest BCUT2D eigenvalue weighted by Crippen LogP contribution is -2.01. The van der Waals surface area contributed by atoms with Crippen molar-refractivity contribution in [1.82, 2.24) is 4.98 Å². The van der Waals surface area contributed by atoms with E-state index in [9.17, 15) is 9.18 Å². The van der Waals surface area contributed by atoms with Crippen molar-refractivity contribution in [2.24, 2.45) is 0 Å². The van der Waals surface area contributed by atoms with Gasteiger partial charge in [-0.15, -0.1) is 0 Å². The van der Waals surface area contributed by atoms with E-state index in [4.69, 9.17) is 5.11 Å². The van der Waals surface area contributed by atoms with E-state index in [-0.39, 0.29) is 11.1 Å². The van der Waals surface area contributed by atoms with Crippen molar-refractivity contribution < 1.29 is 14.3 Å². The van der Waals surface area contributed by atoms with Gasteiger partial charge in [-0.05, 0) is 47.7 Å². The van der Waals surface area contributed by atoms with Crippen LogP contribution < -0.4 is 0 Å². The molecule has 3 nitrogen and oxygen atoms in total. The molecule has 1 N–H and O–H groups in total. The van der Waals surface area contributed by atoms with Crippen LogP contribution in [0.25, 0.3) is 10.9 Å². The van der Waals surface area contributed by atoms with Gasteiger partial charge in [-0.25, -0.2) is 14.2 Å². The van der Waals surface area contributed by atoms with Gasteiger partial charge in [0.15, 0.2) is 5.82 Å². The van der Waals surface area contributed by atoms with Crippen LogP contribution in [0.5, 0.6) is 0 Å². The van der Waals surface area contributed by atoms with Gasteiger partial charge in [0.2, 0.25) is 0 Å². The number of carbonyl (C=O) groups is 1. The maximum absolute atomic E-state index is 13.6. The Bertz CT molecular complexity index is 598. The average molecular weight is 331 g/mol. The quantitative estimate of drug-likeness (QED) is 0.818. The zero-order valence-corrected chi connectivity index (χ0v) is 10.4. The van der Waals surface area contributed by atoms with E-state index in [2.05, 4.69) is 4.98 Å². The number of aryl methyl sites for hydroxylation is 1. The van der Waals surface area contributed by atoms with Crippen LogP contribution in [0.3, 0.4) is 0 Å². The van der Waals surface area contributed by atoms with Crippen molar-refractivity contribution in [1.29, 1.82) is 0 Å². The van der Waals surface area contributed by atoms with E-state index in [0.29, 0.717) is 14.7 Å². The third-order valence-corrected chi connectivity index (χ3v) is 2.81. The van der Waals surface area contributed by atoms with Gasteiger partial charge >= 0.3 is 5.97 Å². The third-order valence-electron chi connectivity index (χ3n) is 2.19. The Morgan fingerprint density at radius 3 is 2.75 bits per heavy atom. The van der Waals surface area contributed by atoms with E-state index in [0.717, 1.165) is 0 Å². The highest BCUT2D eigenvalue weighted by Crippen LogP contribution is 2.23. The summed E-state index contributed by atoms with van der Waals surface area (Å²) in [5.74, 6) is -1.56. The Balaban J connectivity index is 2.95. The van der Waals surface area contributed by atoms with Crippen LogP contribution in [0.15, 0.2) is 18.2 Å². The van der Waals surface area contributed by atoms with Gasteiger partial charge in [-0.1, -0.05) is 0 Å². The largest absolute Gasteiger partial charge is 0.478 e. The highest BCUT2D eigenvalue weighted by atomic mass is 127. The number of halogens is 2. The van der Waals surface area contributed by atoms with Crippen molar-refractivity contribution >= 4 is 39.5 Å². The minimum atomic E-state index is -1.07. The second-order valence-electron chi connectivity index (χ2n) is 3.40. The highest BCUT2D eigenvalue weighted by Gasteiger charge is 2.14. The molecule has 16 heavy (non-hydrogen) atoms. The average Bonchev–Trinajstić information content (AvgIpc) is 2.18. The smallest absolute Gasteiger partial charge is 0.336 e. The standard InChI is InChI=1S/C11H7FINO2/c1-5-2-8(11(15)16)7-3-6(13)4-9(12)10(7)14-5/h2-4H,1H3,(H,15,16). The second kappa shape index (κ2) is 3.97. The van der Waals surface area contributed by atoms with Gasteiger partial charge in [0, 0.05) is 14.7 Å². The van der Waals surface area contributed by atoms with Crippen LogP contribution in [0.2, 0.25) is 0 Å². The molecule has 5 heteroatoms. The number of aromatic carboxylic acids is 1. The fraction of sp³-hybridized carbons (Fsp3) is 0.0909. The lowest BCUT2D eigenvalue weighted by molar-refractivity contribution is 0.0699. The minimum Gasteiger partial charge on any atom is -0.478 e. The van der Waals surface area contributed by atoms with Crippen LogP contribution in [-0.4, -0.2) is 16.1 Å². The van der Waals surface area contributed by atoms with E-state index in [1.807, 2.05) is 22.6 Å². The molecule has 0 bridgehead atoms. The van der Waals surface area contributed by atoms with Crippen LogP contribution in [-0.2, 0) is 0 Å². The van der Waals surface area contributed by atoms with Gasteiger partial charge in [-0.3, -0.25) is 0 Å². The van der Waals surface area contributed by atoms with Crippen molar-refractivity contribution in [3.8, 4) is 0 Å². The molecule has 0 spiro atoms. The SMILES string of the molecule is Cc1cc(C(=O)O)c2cc(I)cc(F)c2n1. The zero-order chi connectivity index (χ0) is 11.9. The lowest BCUT2D eigenvalue weighted by Gasteiger charge is -2.05. The Labute approximate surface area is 104 Å². The first kappa shape index (κ1) is 11.3. The number of nitrogens with zero attached hydrogens (tertiary/aromatic N) is 1. The van der Waals surface area contributed by atoms with E-state index in [1.165, 1.54) is 12.1 Å². The minimum absolute atomic E-state index is 0.0833. The summed E-state index contributed by atoms with van der Waals surface area (Å²) >= 11 is 1.94. The first-order valence-corrected chi connectivity index (χ1v) is 5.56. The molecule has 0 saturated carbocycles. The van der Waals surface area contributed by atoms with Crippen molar-refractivity contribution in [3.05, 3.63) is 38.8 Å². The summed E-state index contributed by atoms with van der Waals surface area (Å²) in [5.41, 5.74) is 0.683. The first-order valence-electron chi connectivity index (χ1n) is 4.48.